The van der Waals surface area contributed by atoms with Crippen LogP contribution in [0, 0.1) is 6.92 Å². The lowest BCUT2D eigenvalue weighted by molar-refractivity contribution is -0.130. The van der Waals surface area contributed by atoms with Crippen molar-refractivity contribution < 1.29 is 4.79 Å². The van der Waals surface area contributed by atoms with Crippen LogP contribution >= 0.6 is 11.6 Å². The van der Waals surface area contributed by atoms with Crippen LogP contribution in [-0.2, 0) is 11.3 Å². The number of piperidine rings is 1. The Bertz CT molecular complexity index is 481. The predicted octanol–water partition coefficient (Wildman–Crippen LogP) is 3.09. The van der Waals surface area contributed by atoms with Gasteiger partial charge < -0.3 is 4.90 Å². The summed E-state index contributed by atoms with van der Waals surface area (Å²) in [6.07, 6.45) is 2.12. The summed E-state index contributed by atoms with van der Waals surface area (Å²) < 4.78 is 0. The minimum absolute atomic E-state index is 0.164. The summed E-state index contributed by atoms with van der Waals surface area (Å²) in [5.74, 6) is 0.164. The van der Waals surface area contributed by atoms with Crippen LogP contribution in [0.4, 0.5) is 0 Å². The normalized spacial score (nSPS) is 17.2. The number of rotatable bonds is 3. The molecular formula is C16H23ClN2O. The van der Waals surface area contributed by atoms with E-state index in [-0.39, 0.29) is 5.91 Å². The Morgan fingerprint density at radius 2 is 2.05 bits per heavy atom. The van der Waals surface area contributed by atoms with E-state index < -0.39 is 0 Å². The van der Waals surface area contributed by atoms with Crippen LogP contribution in [0.2, 0.25) is 5.02 Å². The van der Waals surface area contributed by atoms with E-state index >= 15 is 0 Å². The lowest BCUT2D eigenvalue weighted by atomic mass is 10.0. The monoisotopic (exact) mass is 294 g/mol. The largest absolute Gasteiger partial charge is 0.343 e. The molecule has 0 spiro atoms. The van der Waals surface area contributed by atoms with Crippen molar-refractivity contribution in [3.63, 3.8) is 0 Å². The van der Waals surface area contributed by atoms with E-state index in [4.69, 9.17) is 11.6 Å². The Labute approximate surface area is 126 Å². The molecule has 0 aromatic heterocycles. The van der Waals surface area contributed by atoms with Gasteiger partial charge in [0.25, 0.3) is 0 Å². The number of aryl methyl sites for hydroxylation is 1. The summed E-state index contributed by atoms with van der Waals surface area (Å²) in [4.78, 5) is 15.7. The van der Waals surface area contributed by atoms with Gasteiger partial charge in [-0.25, -0.2) is 0 Å². The smallest absolute Gasteiger partial charge is 0.219 e. The van der Waals surface area contributed by atoms with E-state index in [2.05, 4.69) is 17.9 Å². The number of carbonyl (C=O) groups excluding carboxylic acids is 1. The first-order valence-electron chi connectivity index (χ1n) is 7.18. The molecule has 0 bridgehead atoms. The lowest BCUT2D eigenvalue weighted by Crippen LogP contribution is -2.44. The molecule has 2 rings (SSSR count). The number of nitrogens with zero attached hydrogens (tertiary/aromatic N) is 2. The summed E-state index contributed by atoms with van der Waals surface area (Å²) in [5, 5.41) is 0.799. The zero-order chi connectivity index (χ0) is 14.7. The molecule has 0 atom stereocenters. The molecule has 1 amide bonds. The molecular weight excluding hydrogens is 272 g/mol. The third-order valence-corrected chi connectivity index (χ3v) is 4.54. The summed E-state index contributed by atoms with van der Waals surface area (Å²) in [5.41, 5.74) is 2.59. The number of benzene rings is 1. The summed E-state index contributed by atoms with van der Waals surface area (Å²) in [7, 11) is 1.91. The predicted molar refractivity (Wildman–Crippen MR) is 82.9 cm³/mol. The van der Waals surface area contributed by atoms with Gasteiger partial charge in [-0.05, 0) is 43.0 Å². The van der Waals surface area contributed by atoms with Crippen molar-refractivity contribution in [2.24, 2.45) is 0 Å². The van der Waals surface area contributed by atoms with Crippen LogP contribution in [-0.4, -0.2) is 41.9 Å². The molecule has 0 N–H and O–H groups in total. The first-order valence-corrected chi connectivity index (χ1v) is 7.56. The zero-order valence-electron chi connectivity index (χ0n) is 12.5. The summed E-state index contributed by atoms with van der Waals surface area (Å²) in [6.45, 7) is 6.81. The van der Waals surface area contributed by atoms with Gasteiger partial charge in [-0.15, -0.1) is 0 Å². The van der Waals surface area contributed by atoms with Crippen LogP contribution in [0.3, 0.4) is 0 Å². The highest BCUT2D eigenvalue weighted by Gasteiger charge is 2.23. The van der Waals surface area contributed by atoms with E-state index in [9.17, 15) is 4.79 Å². The Morgan fingerprint density at radius 3 is 2.60 bits per heavy atom. The second-order valence-corrected chi connectivity index (χ2v) is 6.14. The average molecular weight is 295 g/mol. The SMILES string of the molecule is CC(=O)N(C)C1CCN(Cc2ccc(Cl)cc2C)CC1. The number of hydrogen-bond acceptors (Lipinski definition) is 2. The molecule has 0 saturated carbocycles. The molecule has 1 heterocycles. The molecule has 20 heavy (non-hydrogen) atoms. The van der Waals surface area contributed by atoms with Gasteiger partial charge in [0.2, 0.25) is 5.91 Å². The Morgan fingerprint density at radius 1 is 1.40 bits per heavy atom. The third kappa shape index (κ3) is 3.74. The lowest BCUT2D eigenvalue weighted by Gasteiger charge is -2.36. The van der Waals surface area contributed by atoms with Crippen molar-refractivity contribution in [2.75, 3.05) is 20.1 Å². The van der Waals surface area contributed by atoms with Crippen LogP contribution < -0.4 is 0 Å². The molecule has 0 radical (unpaired) electrons. The highest BCUT2D eigenvalue weighted by molar-refractivity contribution is 6.30. The molecule has 110 valence electrons. The topological polar surface area (TPSA) is 23.6 Å². The maximum atomic E-state index is 11.4. The van der Waals surface area contributed by atoms with E-state index in [0.717, 1.165) is 37.5 Å². The fourth-order valence-electron chi connectivity index (χ4n) is 2.80. The summed E-state index contributed by atoms with van der Waals surface area (Å²) >= 11 is 5.99. The van der Waals surface area contributed by atoms with E-state index in [1.165, 1.54) is 11.1 Å². The molecule has 1 aromatic carbocycles. The van der Waals surface area contributed by atoms with Crippen molar-refractivity contribution in [3.05, 3.63) is 34.3 Å². The maximum Gasteiger partial charge on any atom is 0.219 e. The summed E-state index contributed by atoms with van der Waals surface area (Å²) in [6, 6.07) is 6.49. The molecule has 0 aliphatic carbocycles. The number of amides is 1. The molecule has 1 aromatic rings. The average Bonchev–Trinajstić information content (AvgIpc) is 2.42. The minimum atomic E-state index is 0.164. The van der Waals surface area contributed by atoms with Crippen LogP contribution in [0.5, 0.6) is 0 Å². The first kappa shape index (κ1) is 15.3. The van der Waals surface area contributed by atoms with Crippen LogP contribution in [0.15, 0.2) is 18.2 Å². The number of halogens is 1. The van der Waals surface area contributed by atoms with Gasteiger partial charge in [0.1, 0.15) is 0 Å². The molecule has 4 heteroatoms. The van der Waals surface area contributed by atoms with Crippen molar-refractivity contribution >= 4 is 17.5 Å². The van der Waals surface area contributed by atoms with Gasteiger partial charge in [-0.2, -0.15) is 0 Å². The van der Waals surface area contributed by atoms with Gasteiger partial charge >= 0.3 is 0 Å². The second kappa shape index (κ2) is 6.59. The molecule has 1 fully saturated rings. The van der Waals surface area contributed by atoms with Crippen molar-refractivity contribution in [2.45, 2.75) is 39.3 Å². The van der Waals surface area contributed by atoms with Gasteiger partial charge in [-0.1, -0.05) is 17.7 Å². The zero-order valence-corrected chi connectivity index (χ0v) is 13.3. The number of likely N-dealkylation sites (tertiary alicyclic amines) is 1. The first-order chi connectivity index (χ1) is 9.47. The number of hydrogen-bond donors (Lipinski definition) is 0. The van der Waals surface area contributed by atoms with Crippen LogP contribution in [0.25, 0.3) is 0 Å². The third-order valence-electron chi connectivity index (χ3n) is 4.30. The van der Waals surface area contributed by atoms with Gasteiger partial charge in [-0.3, -0.25) is 9.69 Å². The molecule has 3 nitrogen and oxygen atoms in total. The van der Waals surface area contributed by atoms with E-state index in [0.29, 0.717) is 6.04 Å². The Balaban J connectivity index is 1.90. The van der Waals surface area contributed by atoms with E-state index in [1.807, 2.05) is 24.1 Å². The molecule has 1 saturated heterocycles. The second-order valence-electron chi connectivity index (χ2n) is 5.71. The fraction of sp³-hybridized carbons (Fsp3) is 0.562. The van der Waals surface area contributed by atoms with Gasteiger partial charge in [0, 0.05) is 44.7 Å². The molecule has 1 aliphatic heterocycles. The van der Waals surface area contributed by atoms with Gasteiger partial charge in [0.15, 0.2) is 0 Å². The molecule has 1 aliphatic rings. The highest BCUT2D eigenvalue weighted by Crippen LogP contribution is 2.20. The van der Waals surface area contributed by atoms with Gasteiger partial charge in [0.05, 0.1) is 0 Å². The minimum Gasteiger partial charge on any atom is -0.343 e. The van der Waals surface area contributed by atoms with Crippen LogP contribution in [0.1, 0.15) is 30.9 Å². The Kier molecular flexibility index (Phi) is 5.06. The van der Waals surface area contributed by atoms with E-state index in [1.54, 1.807) is 6.92 Å². The highest BCUT2D eigenvalue weighted by atomic mass is 35.5. The number of carbonyl (C=O) groups is 1. The fourth-order valence-corrected chi connectivity index (χ4v) is 3.03. The van der Waals surface area contributed by atoms with Crippen molar-refractivity contribution in [1.29, 1.82) is 0 Å². The quantitative estimate of drug-likeness (QED) is 0.855. The maximum absolute atomic E-state index is 11.4. The Hall–Kier alpha value is -1.06. The standard InChI is InChI=1S/C16H23ClN2O/c1-12-10-15(17)5-4-14(12)11-19-8-6-16(7-9-19)18(3)13(2)20/h4-5,10,16H,6-9,11H2,1-3H3. The van der Waals surface area contributed by atoms with Crippen molar-refractivity contribution in [3.8, 4) is 0 Å². The van der Waals surface area contributed by atoms with Crippen molar-refractivity contribution in [1.82, 2.24) is 9.80 Å². The molecule has 0 unspecified atom stereocenters.